The fraction of sp³-hybridized carbons (Fsp3) is 0. The number of thiophene rings is 2. The van der Waals surface area contributed by atoms with Crippen LogP contribution in [-0.2, 0) is 0 Å². The van der Waals surface area contributed by atoms with Gasteiger partial charge in [0.2, 0.25) is 0 Å². The largest absolute Gasteiger partial charge is 0.443 e. The van der Waals surface area contributed by atoms with E-state index in [1.54, 1.807) is 6.33 Å². The molecule has 0 saturated heterocycles. The zero-order chi connectivity index (χ0) is 17.1. The van der Waals surface area contributed by atoms with Crippen molar-refractivity contribution in [2.24, 2.45) is 0 Å². The van der Waals surface area contributed by atoms with Crippen LogP contribution in [0.4, 0.5) is 0 Å². The van der Waals surface area contributed by atoms with Gasteiger partial charge in [0, 0.05) is 19.2 Å². The molecular weight excluding hydrogens is 362 g/mol. The fourth-order valence-electron chi connectivity index (χ4n) is 3.22. The predicted molar refractivity (Wildman–Crippen MR) is 108 cm³/mol. The summed E-state index contributed by atoms with van der Waals surface area (Å²) < 4.78 is 7.94. The lowest BCUT2D eigenvalue weighted by Crippen LogP contribution is -1.74. The quantitative estimate of drug-likeness (QED) is 0.387. The van der Waals surface area contributed by atoms with Crippen LogP contribution in [0, 0.1) is 0 Å². The number of rotatable bonds is 2. The molecule has 124 valence electrons. The number of H-pyrrole nitrogens is 1. The number of nitrogens with one attached hydrogen (secondary N) is 1. The minimum absolute atomic E-state index is 0.822. The van der Waals surface area contributed by atoms with Crippen LogP contribution < -0.4 is 0 Å². The Kier molecular flexibility index (Phi) is 2.88. The van der Waals surface area contributed by atoms with E-state index in [9.17, 15) is 0 Å². The molecule has 6 heteroatoms. The van der Waals surface area contributed by atoms with Crippen LogP contribution in [0.15, 0.2) is 65.7 Å². The van der Waals surface area contributed by atoms with Crippen molar-refractivity contribution >= 4 is 54.2 Å². The lowest BCUT2D eigenvalue weighted by atomic mass is 10.1. The molecule has 0 amide bonds. The highest BCUT2D eigenvalue weighted by molar-refractivity contribution is 7.31. The molecule has 1 N–H and O–H groups in total. The van der Waals surface area contributed by atoms with Gasteiger partial charge >= 0.3 is 0 Å². The summed E-state index contributed by atoms with van der Waals surface area (Å²) in [5.74, 6) is 0. The topological polar surface area (TPSA) is 54.7 Å². The minimum atomic E-state index is 0.822. The molecule has 6 rings (SSSR count). The van der Waals surface area contributed by atoms with E-state index in [4.69, 9.17) is 4.42 Å². The van der Waals surface area contributed by atoms with Crippen molar-refractivity contribution in [3.05, 3.63) is 61.3 Å². The SMILES string of the molecule is c1nc2cc(-c3cc4sc(-c5ccc6ocnc6c5)cc4s3)ccc2[nH]1. The number of fused-ring (bicyclic) bond motifs is 3. The molecule has 0 fully saturated rings. The smallest absolute Gasteiger partial charge is 0.181 e. The molecule has 4 heterocycles. The predicted octanol–water partition coefficient (Wildman–Crippen LogP) is 6.31. The molecule has 0 aliphatic carbocycles. The van der Waals surface area contributed by atoms with E-state index in [1.807, 2.05) is 28.7 Å². The van der Waals surface area contributed by atoms with Crippen molar-refractivity contribution < 1.29 is 4.42 Å². The molecule has 0 unspecified atom stereocenters. The molecule has 4 nitrogen and oxygen atoms in total. The van der Waals surface area contributed by atoms with Crippen LogP contribution in [0.3, 0.4) is 0 Å². The first-order chi connectivity index (χ1) is 12.8. The number of hydrogen-bond acceptors (Lipinski definition) is 5. The summed E-state index contributed by atoms with van der Waals surface area (Å²) in [6.45, 7) is 0. The van der Waals surface area contributed by atoms with Gasteiger partial charge in [-0.3, -0.25) is 0 Å². The van der Waals surface area contributed by atoms with Crippen molar-refractivity contribution in [2.45, 2.75) is 0 Å². The average Bonchev–Trinajstić information content (AvgIpc) is 3.41. The molecule has 0 atom stereocenters. The third-order valence-corrected chi connectivity index (χ3v) is 6.92. The first kappa shape index (κ1) is 14.2. The molecule has 0 saturated carbocycles. The van der Waals surface area contributed by atoms with Crippen LogP contribution in [0.5, 0.6) is 0 Å². The second kappa shape index (κ2) is 5.27. The fourth-order valence-corrected chi connectivity index (χ4v) is 5.61. The summed E-state index contributed by atoms with van der Waals surface area (Å²) in [6, 6.07) is 17.1. The van der Waals surface area contributed by atoms with Crippen molar-refractivity contribution in [3.63, 3.8) is 0 Å². The molecule has 0 radical (unpaired) electrons. The molecule has 2 aromatic carbocycles. The Labute approximate surface area is 155 Å². The van der Waals surface area contributed by atoms with Gasteiger partial charge < -0.3 is 9.40 Å². The molecule has 0 aliphatic heterocycles. The van der Waals surface area contributed by atoms with E-state index in [2.05, 4.69) is 57.4 Å². The number of nitrogens with zero attached hydrogens (tertiary/aromatic N) is 2. The Balaban J connectivity index is 1.43. The molecule has 0 aliphatic rings. The molecule has 0 bridgehead atoms. The summed E-state index contributed by atoms with van der Waals surface area (Å²) in [6.07, 6.45) is 3.23. The Hall–Kier alpha value is -2.96. The van der Waals surface area contributed by atoms with E-state index >= 15 is 0 Å². The van der Waals surface area contributed by atoms with Gasteiger partial charge in [0.25, 0.3) is 0 Å². The molecule has 0 spiro atoms. The molecule has 26 heavy (non-hydrogen) atoms. The highest BCUT2D eigenvalue weighted by atomic mass is 32.1. The van der Waals surface area contributed by atoms with E-state index in [0.29, 0.717) is 0 Å². The zero-order valence-electron chi connectivity index (χ0n) is 13.4. The average molecular weight is 373 g/mol. The lowest BCUT2D eigenvalue weighted by molar-refractivity contribution is 0.602. The summed E-state index contributed by atoms with van der Waals surface area (Å²) in [5, 5.41) is 0. The van der Waals surface area contributed by atoms with Gasteiger partial charge in [-0.2, -0.15) is 0 Å². The standard InChI is InChI=1S/C20H11N3OS2/c1-3-13-14(22-9-21-13)5-11(1)17-7-19-20(25-17)8-18(26-19)12-2-4-16-15(6-12)23-10-24-16/h1-10H,(H,21,22). The Bertz CT molecular complexity index is 1270. The molecule has 6 aromatic rings. The first-order valence-corrected chi connectivity index (χ1v) is 9.77. The van der Waals surface area contributed by atoms with Crippen molar-refractivity contribution in [1.82, 2.24) is 15.0 Å². The number of oxazole rings is 1. The van der Waals surface area contributed by atoms with E-state index < -0.39 is 0 Å². The maximum Gasteiger partial charge on any atom is 0.181 e. The highest BCUT2D eigenvalue weighted by Crippen LogP contribution is 2.42. The lowest BCUT2D eigenvalue weighted by Gasteiger charge is -1.98. The summed E-state index contributed by atoms with van der Waals surface area (Å²) >= 11 is 3.63. The second-order valence-corrected chi connectivity index (χ2v) is 8.29. The van der Waals surface area contributed by atoms with Gasteiger partial charge in [-0.25, -0.2) is 9.97 Å². The van der Waals surface area contributed by atoms with Gasteiger partial charge in [0.1, 0.15) is 5.52 Å². The number of benzene rings is 2. The van der Waals surface area contributed by atoms with Crippen LogP contribution in [0.25, 0.3) is 52.4 Å². The first-order valence-electron chi connectivity index (χ1n) is 8.14. The monoisotopic (exact) mass is 373 g/mol. The maximum atomic E-state index is 5.33. The summed E-state index contributed by atoms with van der Waals surface area (Å²) in [4.78, 5) is 14.3. The van der Waals surface area contributed by atoms with Crippen molar-refractivity contribution in [2.75, 3.05) is 0 Å². The molecular formula is C20H11N3OS2. The van der Waals surface area contributed by atoms with E-state index in [-0.39, 0.29) is 0 Å². The summed E-state index contributed by atoms with van der Waals surface area (Å²) in [5.41, 5.74) is 6.18. The van der Waals surface area contributed by atoms with Crippen LogP contribution in [-0.4, -0.2) is 15.0 Å². The Morgan fingerprint density at radius 1 is 0.769 bits per heavy atom. The minimum Gasteiger partial charge on any atom is -0.443 e. The van der Waals surface area contributed by atoms with E-state index in [1.165, 1.54) is 36.7 Å². The van der Waals surface area contributed by atoms with Crippen LogP contribution in [0.1, 0.15) is 0 Å². The third-order valence-electron chi connectivity index (χ3n) is 4.53. The van der Waals surface area contributed by atoms with Gasteiger partial charge in [0.15, 0.2) is 12.0 Å². The Morgan fingerprint density at radius 2 is 1.50 bits per heavy atom. The van der Waals surface area contributed by atoms with Crippen LogP contribution >= 0.6 is 22.7 Å². The Morgan fingerprint density at radius 3 is 2.31 bits per heavy atom. The number of aromatic amines is 1. The van der Waals surface area contributed by atoms with Gasteiger partial charge in [0.05, 0.1) is 17.4 Å². The zero-order valence-corrected chi connectivity index (χ0v) is 15.0. The van der Waals surface area contributed by atoms with Gasteiger partial charge in [-0.1, -0.05) is 6.07 Å². The molecule has 4 aromatic heterocycles. The number of imidazole rings is 1. The normalized spacial score (nSPS) is 11.8. The number of aromatic nitrogens is 3. The van der Waals surface area contributed by atoms with Gasteiger partial charge in [-0.15, -0.1) is 22.7 Å². The van der Waals surface area contributed by atoms with Crippen LogP contribution in [0.2, 0.25) is 0 Å². The van der Waals surface area contributed by atoms with Crippen molar-refractivity contribution in [1.29, 1.82) is 0 Å². The van der Waals surface area contributed by atoms with Crippen molar-refractivity contribution in [3.8, 4) is 20.9 Å². The van der Waals surface area contributed by atoms with E-state index in [0.717, 1.165) is 22.1 Å². The third kappa shape index (κ3) is 2.13. The summed E-state index contributed by atoms with van der Waals surface area (Å²) in [7, 11) is 0. The highest BCUT2D eigenvalue weighted by Gasteiger charge is 2.11. The maximum absolute atomic E-state index is 5.33. The van der Waals surface area contributed by atoms with Gasteiger partial charge in [-0.05, 0) is 53.6 Å². The second-order valence-electron chi connectivity index (χ2n) is 6.12. The number of hydrogen-bond donors (Lipinski definition) is 1.